The minimum absolute atomic E-state index is 0.0935. The number of benzene rings is 1. The van der Waals surface area contributed by atoms with E-state index in [1.807, 2.05) is 18.2 Å². The molecule has 2 N–H and O–H groups in total. The molecular formula is C15H17N3O. The van der Waals surface area contributed by atoms with Gasteiger partial charge in [-0.3, -0.25) is 0 Å². The first kappa shape index (κ1) is 12.0. The van der Waals surface area contributed by atoms with E-state index in [1.165, 1.54) is 5.69 Å². The predicted octanol–water partition coefficient (Wildman–Crippen LogP) is 2.21. The summed E-state index contributed by atoms with van der Waals surface area (Å²) in [6.45, 7) is 5.14. The summed E-state index contributed by atoms with van der Waals surface area (Å²) in [4.78, 5) is 7.65. The number of H-pyrrole nitrogens is 1. The van der Waals surface area contributed by atoms with Crippen molar-refractivity contribution in [2.24, 2.45) is 0 Å². The molecular weight excluding hydrogens is 238 g/mol. The largest absolute Gasteiger partial charge is 0.489 e. The van der Waals surface area contributed by atoms with E-state index in [0.717, 1.165) is 30.0 Å². The molecule has 1 unspecified atom stereocenters. The van der Waals surface area contributed by atoms with Crippen molar-refractivity contribution in [2.75, 3.05) is 13.2 Å². The van der Waals surface area contributed by atoms with E-state index in [2.05, 4.69) is 27.9 Å². The van der Waals surface area contributed by atoms with Crippen molar-refractivity contribution in [3.05, 3.63) is 60.2 Å². The number of imidazole rings is 1. The third-order valence-electron chi connectivity index (χ3n) is 3.34. The van der Waals surface area contributed by atoms with Crippen LogP contribution >= 0.6 is 0 Å². The SMILES string of the molecule is C=CCOc1ccccc1C1NCCc2[nH]cnc21. The molecule has 1 aromatic heterocycles. The van der Waals surface area contributed by atoms with Gasteiger partial charge in [0.25, 0.3) is 0 Å². The summed E-state index contributed by atoms with van der Waals surface area (Å²) < 4.78 is 5.74. The van der Waals surface area contributed by atoms with Crippen molar-refractivity contribution in [1.29, 1.82) is 0 Å². The number of para-hydroxylation sites is 1. The van der Waals surface area contributed by atoms with Crippen LogP contribution < -0.4 is 10.1 Å². The molecule has 1 aliphatic rings. The third kappa shape index (κ3) is 2.27. The number of nitrogens with one attached hydrogen (secondary N) is 2. The van der Waals surface area contributed by atoms with Crippen molar-refractivity contribution in [3.8, 4) is 5.75 Å². The molecule has 0 saturated heterocycles. The number of fused-ring (bicyclic) bond motifs is 1. The van der Waals surface area contributed by atoms with Crippen LogP contribution in [0.5, 0.6) is 5.75 Å². The molecule has 0 spiro atoms. The fraction of sp³-hybridized carbons (Fsp3) is 0.267. The lowest BCUT2D eigenvalue weighted by Gasteiger charge is -2.25. The molecule has 2 aromatic rings. The molecule has 4 heteroatoms. The zero-order valence-corrected chi connectivity index (χ0v) is 10.7. The second-order valence-corrected chi connectivity index (χ2v) is 4.54. The highest BCUT2D eigenvalue weighted by Crippen LogP contribution is 2.32. The van der Waals surface area contributed by atoms with Gasteiger partial charge in [0, 0.05) is 24.2 Å². The summed E-state index contributed by atoms with van der Waals surface area (Å²) in [7, 11) is 0. The Morgan fingerprint density at radius 2 is 2.32 bits per heavy atom. The summed E-state index contributed by atoms with van der Waals surface area (Å²) in [6, 6.07) is 8.17. The first-order chi connectivity index (χ1) is 9.40. The van der Waals surface area contributed by atoms with Crippen molar-refractivity contribution >= 4 is 0 Å². The van der Waals surface area contributed by atoms with Gasteiger partial charge in [0.15, 0.2) is 0 Å². The number of hydrogen-bond acceptors (Lipinski definition) is 3. The molecule has 4 nitrogen and oxygen atoms in total. The van der Waals surface area contributed by atoms with Crippen LogP contribution in [0, 0.1) is 0 Å². The number of ether oxygens (including phenoxy) is 1. The fourth-order valence-corrected chi connectivity index (χ4v) is 2.48. The Morgan fingerprint density at radius 1 is 1.42 bits per heavy atom. The second kappa shape index (κ2) is 5.28. The van der Waals surface area contributed by atoms with Crippen molar-refractivity contribution < 1.29 is 4.74 Å². The average Bonchev–Trinajstić information content (AvgIpc) is 2.94. The van der Waals surface area contributed by atoms with Gasteiger partial charge in [-0.2, -0.15) is 0 Å². The van der Waals surface area contributed by atoms with E-state index in [1.54, 1.807) is 12.4 Å². The van der Waals surface area contributed by atoms with E-state index in [4.69, 9.17) is 4.74 Å². The molecule has 0 saturated carbocycles. The molecule has 1 aliphatic heterocycles. The second-order valence-electron chi connectivity index (χ2n) is 4.54. The van der Waals surface area contributed by atoms with Crippen molar-refractivity contribution in [3.63, 3.8) is 0 Å². The van der Waals surface area contributed by atoms with E-state index in [0.29, 0.717) is 6.61 Å². The number of hydrogen-bond donors (Lipinski definition) is 2. The third-order valence-corrected chi connectivity index (χ3v) is 3.34. The van der Waals surface area contributed by atoms with Crippen LogP contribution in [0.25, 0.3) is 0 Å². The molecule has 0 aliphatic carbocycles. The van der Waals surface area contributed by atoms with Gasteiger partial charge in [-0.05, 0) is 6.07 Å². The van der Waals surface area contributed by atoms with Gasteiger partial charge in [-0.1, -0.05) is 30.9 Å². The van der Waals surface area contributed by atoms with Gasteiger partial charge in [0.2, 0.25) is 0 Å². The van der Waals surface area contributed by atoms with E-state index < -0.39 is 0 Å². The summed E-state index contributed by atoms with van der Waals surface area (Å²) in [5.41, 5.74) is 3.40. The zero-order chi connectivity index (χ0) is 13.1. The van der Waals surface area contributed by atoms with Crippen LogP contribution in [-0.2, 0) is 6.42 Å². The van der Waals surface area contributed by atoms with E-state index >= 15 is 0 Å². The summed E-state index contributed by atoms with van der Waals surface area (Å²) >= 11 is 0. The Labute approximate surface area is 112 Å². The van der Waals surface area contributed by atoms with Crippen LogP contribution in [0.1, 0.15) is 23.0 Å². The lowest BCUT2D eigenvalue weighted by Crippen LogP contribution is -2.31. The molecule has 1 aromatic carbocycles. The number of aromatic nitrogens is 2. The fourth-order valence-electron chi connectivity index (χ4n) is 2.48. The quantitative estimate of drug-likeness (QED) is 0.824. The van der Waals surface area contributed by atoms with Gasteiger partial charge in [-0.15, -0.1) is 0 Å². The summed E-state index contributed by atoms with van der Waals surface area (Å²) in [6.07, 6.45) is 4.50. The minimum atomic E-state index is 0.0935. The van der Waals surface area contributed by atoms with Crippen LogP contribution in [0.3, 0.4) is 0 Å². The summed E-state index contributed by atoms with van der Waals surface area (Å²) in [5.74, 6) is 0.885. The maximum atomic E-state index is 5.74. The van der Waals surface area contributed by atoms with Crippen molar-refractivity contribution in [2.45, 2.75) is 12.5 Å². The molecule has 0 amide bonds. The first-order valence-electron chi connectivity index (χ1n) is 6.48. The number of nitrogens with zero attached hydrogens (tertiary/aromatic N) is 1. The average molecular weight is 255 g/mol. The maximum absolute atomic E-state index is 5.74. The summed E-state index contributed by atoms with van der Waals surface area (Å²) in [5, 5.41) is 3.51. The van der Waals surface area contributed by atoms with Crippen molar-refractivity contribution in [1.82, 2.24) is 15.3 Å². The maximum Gasteiger partial charge on any atom is 0.124 e. The molecule has 0 fully saturated rings. The smallest absolute Gasteiger partial charge is 0.124 e. The lowest BCUT2D eigenvalue weighted by molar-refractivity contribution is 0.354. The number of rotatable bonds is 4. The van der Waals surface area contributed by atoms with Gasteiger partial charge in [0.1, 0.15) is 12.4 Å². The van der Waals surface area contributed by atoms with Crippen LogP contribution in [0.2, 0.25) is 0 Å². The van der Waals surface area contributed by atoms with Gasteiger partial charge < -0.3 is 15.0 Å². The highest BCUT2D eigenvalue weighted by atomic mass is 16.5. The van der Waals surface area contributed by atoms with Crippen LogP contribution in [0.15, 0.2) is 43.2 Å². The molecule has 3 rings (SSSR count). The van der Waals surface area contributed by atoms with Gasteiger partial charge in [0.05, 0.1) is 18.1 Å². The molecule has 19 heavy (non-hydrogen) atoms. The van der Waals surface area contributed by atoms with Gasteiger partial charge >= 0.3 is 0 Å². The topological polar surface area (TPSA) is 49.9 Å². The monoisotopic (exact) mass is 255 g/mol. The molecule has 98 valence electrons. The standard InChI is InChI=1S/C15H17N3O/c1-2-9-19-13-6-4-3-5-11(13)14-15-12(7-8-16-14)17-10-18-15/h2-6,10,14,16H,1,7-9H2,(H,17,18). The molecule has 2 heterocycles. The van der Waals surface area contributed by atoms with Crippen LogP contribution in [-0.4, -0.2) is 23.1 Å². The van der Waals surface area contributed by atoms with E-state index in [9.17, 15) is 0 Å². The minimum Gasteiger partial charge on any atom is -0.489 e. The van der Waals surface area contributed by atoms with E-state index in [-0.39, 0.29) is 6.04 Å². The zero-order valence-electron chi connectivity index (χ0n) is 10.7. The number of aromatic amines is 1. The Kier molecular flexibility index (Phi) is 3.33. The molecule has 1 atom stereocenters. The Balaban J connectivity index is 1.97. The Bertz CT molecular complexity index is 576. The predicted molar refractivity (Wildman–Crippen MR) is 74.3 cm³/mol. The Morgan fingerprint density at radius 3 is 3.21 bits per heavy atom. The van der Waals surface area contributed by atoms with Gasteiger partial charge in [-0.25, -0.2) is 4.98 Å². The van der Waals surface area contributed by atoms with Crippen LogP contribution in [0.4, 0.5) is 0 Å². The lowest BCUT2D eigenvalue weighted by atomic mass is 9.97. The molecule has 0 radical (unpaired) electrons. The highest BCUT2D eigenvalue weighted by molar-refractivity contribution is 5.42. The normalized spacial score (nSPS) is 17.8. The Hall–Kier alpha value is -2.07. The first-order valence-corrected chi connectivity index (χ1v) is 6.48. The molecule has 0 bridgehead atoms. The highest BCUT2D eigenvalue weighted by Gasteiger charge is 2.25.